The largest absolute Gasteiger partial charge is 0.447 e. The second-order valence-electron chi connectivity index (χ2n) is 5.62. The Morgan fingerprint density at radius 1 is 0.793 bits per heavy atom. The zero-order valence-corrected chi connectivity index (χ0v) is 13.8. The molecule has 4 nitrogen and oxygen atoms in total. The minimum atomic E-state index is -7.01. The number of benzene rings is 1. The number of alkyl halides is 9. The highest BCUT2D eigenvalue weighted by Crippen LogP contribution is 2.55. The van der Waals surface area contributed by atoms with E-state index in [1.54, 1.807) is 0 Å². The Morgan fingerprint density at radius 3 is 1.66 bits per heavy atom. The van der Waals surface area contributed by atoms with E-state index >= 15 is 0 Å². The van der Waals surface area contributed by atoms with Crippen LogP contribution in [0.15, 0.2) is 42.6 Å². The number of hydrogen-bond donors (Lipinski definition) is 1. The number of rotatable bonds is 3. The summed E-state index contributed by atoms with van der Waals surface area (Å²) in [5.74, 6) is -2.46. The average Bonchev–Trinajstić information content (AvgIpc) is 2.57. The van der Waals surface area contributed by atoms with E-state index < -0.39 is 35.7 Å². The smallest absolute Gasteiger partial charge is 0.428 e. The van der Waals surface area contributed by atoms with Gasteiger partial charge in [0.05, 0.1) is 23.1 Å². The van der Waals surface area contributed by atoms with Crippen LogP contribution in [0.1, 0.15) is 10.4 Å². The number of esters is 1. The summed E-state index contributed by atoms with van der Waals surface area (Å²) < 4.78 is 118. The van der Waals surface area contributed by atoms with Gasteiger partial charge in [-0.15, -0.1) is 0 Å². The lowest BCUT2D eigenvalue weighted by molar-refractivity contribution is -0.443. The maximum absolute atomic E-state index is 12.8. The van der Waals surface area contributed by atoms with Crippen molar-refractivity contribution in [3.63, 3.8) is 0 Å². The average molecular weight is 432 g/mol. The molecule has 0 saturated carbocycles. The third-order valence-electron chi connectivity index (χ3n) is 3.65. The Bertz CT molecular complexity index is 834. The van der Waals surface area contributed by atoms with E-state index in [0.717, 1.165) is 12.1 Å². The Hall–Kier alpha value is -2.99. The molecule has 2 aromatic rings. The summed E-state index contributed by atoms with van der Waals surface area (Å²) in [4.78, 5) is 15.6. The van der Waals surface area contributed by atoms with E-state index in [4.69, 9.17) is 5.73 Å². The van der Waals surface area contributed by atoms with Crippen molar-refractivity contribution in [1.82, 2.24) is 4.98 Å². The SMILES string of the molecule is Nc1ccc(-c2ccc(C(=O)OC(C(F)(F)F)(C(F)(F)F)C(F)(F)F)cc2)nc1. The first-order valence-corrected chi connectivity index (χ1v) is 7.35. The quantitative estimate of drug-likeness (QED) is 0.553. The maximum atomic E-state index is 12.8. The van der Waals surface area contributed by atoms with Gasteiger partial charge in [0, 0.05) is 5.56 Å². The number of nitrogens with zero attached hydrogens (tertiary/aromatic N) is 1. The summed E-state index contributed by atoms with van der Waals surface area (Å²) in [6, 6.07) is 6.35. The molecule has 0 amide bonds. The first-order chi connectivity index (χ1) is 13.1. The number of halogens is 9. The molecule has 0 radical (unpaired) electrons. The molecule has 29 heavy (non-hydrogen) atoms. The standard InChI is InChI=1S/C16H9F9N2O2/c17-14(18,19)13(15(20,21)22,16(23,24)25)29-12(28)9-3-1-8(2-4-9)11-6-5-10(26)7-27-11/h1-7H,26H2. The highest BCUT2D eigenvalue weighted by Gasteiger charge is 2.87. The van der Waals surface area contributed by atoms with Gasteiger partial charge in [0.25, 0.3) is 0 Å². The zero-order chi connectivity index (χ0) is 22.3. The maximum Gasteiger partial charge on any atom is 0.447 e. The number of aromatic nitrogens is 1. The van der Waals surface area contributed by atoms with Crippen LogP contribution in [0.4, 0.5) is 45.2 Å². The minimum absolute atomic E-state index is 0.260. The lowest BCUT2D eigenvalue weighted by Gasteiger charge is -2.37. The van der Waals surface area contributed by atoms with Gasteiger partial charge in [0.15, 0.2) is 0 Å². The molecule has 0 aliphatic heterocycles. The van der Waals surface area contributed by atoms with Crippen LogP contribution >= 0.6 is 0 Å². The van der Waals surface area contributed by atoms with E-state index in [2.05, 4.69) is 9.72 Å². The summed E-state index contributed by atoms with van der Waals surface area (Å²) in [5.41, 5.74) is -1.38. The number of nitrogens with two attached hydrogens (primary N) is 1. The number of nitrogen functional groups attached to an aromatic ring is 1. The van der Waals surface area contributed by atoms with Crippen molar-refractivity contribution < 1.29 is 49.0 Å². The van der Waals surface area contributed by atoms with Crippen molar-refractivity contribution in [1.29, 1.82) is 0 Å². The molecule has 0 fully saturated rings. The number of carbonyl (C=O) groups excluding carboxylic acids is 1. The first kappa shape index (κ1) is 22.3. The van der Waals surface area contributed by atoms with Gasteiger partial charge in [-0.3, -0.25) is 4.98 Å². The number of hydrogen-bond acceptors (Lipinski definition) is 4. The molecule has 1 aromatic carbocycles. The van der Waals surface area contributed by atoms with Gasteiger partial charge in [-0.25, -0.2) is 4.79 Å². The van der Waals surface area contributed by atoms with Crippen molar-refractivity contribution in [3.05, 3.63) is 48.2 Å². The highest BCUT2D eigenvalue weighted by atomic mass is 19.4. The molecule has 0 aliphatic carbocycles. The summed E-state index contributed by atoms with van der Waals surface area (Å²) in [6.45, 7) is 0. The molecule has 0 spiro atoms. The van der Waals surface area contributed by atoms with Gasteiger partial charge in [-0.05, 0) is 24.3 Å². The molecule has 0 saturated heterocycles. The van der Waals surface area contributed by atoms with Crippen LogP contribution in [0.2, 0.25) is 0 Å². The molecule has 13 heteroatoms. The Kier molecular flexibility index (Phi) is 5.47. The second kappa shape index (κ2) is 7.12. The molecular formula is C16H9F9N2O2. The predicted octanol–water partition coefficient (Wildman–Crippen LogP) is 4.91. The van der Waals surface area contributed by atoms with Crippen molar-refractivity contribution in [2.24, 2.45) is 0 Å². The van der Waals surface area contributed by atoms with Crippen LogP contribution in [-0.2, 0) is 4.74 Å². The third-order valence-corrected chi connectivity index (χ3v) is 3.65. The normalized spacial score (nSPS) is 13.3. The van der Waals surface area contributed by atoms with Crippen LogP contribution < -0.4 is 5.73 Å². The predicted molar refractivity (Wildman–Crippen MR) is 80.4 cm³/mol. The van der Waals surface area contributed by atoms with E-state index in [1.807, 2.05) is 0 Å². The van der Waals surface area contributed by atoms with E-state index in [9.17, 15) is 44.3 Å². The molecule has 1 heterocycles. The fraction of sp³-hybridized carbons (Fsp3) is 0.250. The summed E-state index contributed by atoms with van der Waals surface area (Å²) in [5, 5.41) is 0. The Morgan fingerprint density at radius 2 is 1.28 bits per heavy atom. The molecule has 2 N–H and O–H groups in total. The topological polar surface area (TPSA) is 65.2 Å². The van der Waals surface area contributed by atoms with Crippen LogP contribution in [-0.4, -0.2) is 35.1 Å². The van der Waals surface area contributed by atoms with Gasteiger partial charge in [-0.1, -0.05) is 12.1 Å². The lowest BCUT2D eigenvalue weighted by Crippen LogP contribution is -2.68. The first-order valence-electron chi connectivity index (χ1n) is 7.35. The lowest BCUT2D eigenvalue weighted by atomic mass is 10.0. The monoisotopic (exact) mass is 432 g/mol. The van der Waals surface area contributed by atoms with Crippen molar-refractivity contribution in [2.45, 2.75) is 24.1 Å². The Labute approximate surface area is 156 Å². The molecule has 1 aromatic heterocycles. The van der Waals surface area contributed by atoms with Crippen molar-refractivity contribution >= 4 is 11.7 Å². The van der Waals surface area contributed by atoms with Gasteiger partial charge in [0.1, 0.15) is 0 Å². The van der Waals surface area contributed by atoms with Crippen LogP contribution in [0, 0.1) is 0 Å². The van der Waals surface area contributed by atoms with E-state index in [1.165, 1.54) is 18.3 Å². The summed E-state index contributed by atoms with van der Waals surface area (Å²) in [6.07, 6.45) is -19.8. The van der Waals surface area contributed by atoms with Crippen molar-refractivity contribution in [3.8, 4) is 11.3 Å². The fourth-order valence-corrected chi connectivity index (χ4v) is 2.21. The third kappa shape index (κ3) is 4.07. The van der Waals surface area contributed by atoms with Crippen molar-refractivity contribution in [2.75, 3.05) is 5.73 Å². The molecule has 0 bridgehead atoms. The summed E-state index contributed by atoms with van der Waals surface area (Å²) >= 11 is 0. The molecule has 2 rings (SSSR count). The van der Waals surface area contributed by atoms with E-state index in [-0.39, 0.29) is 11.3 Å². The number of ether oxygens (including phenoxy) is 1. The van der Waals surface area contributed by atoms with Gasteiger partial charge in [-0.2, -0.15) is 39.5 Å². The van der Waals surface area contributed by atoms with Crippen LogP contribution in [0.5, 0.6) is 0 Å². The molecule has 0 atom stereocenters. The summed E-state index contributed by atoms with van der Waals surface area (Å²) in [7, 11) is 0. The van der Waals surface area contributed by atoms with Crippen LogP contribution in [0.3, 0.4) is 0 Å². The van der Waals surface area contributed by atoms with Crippen LogP contribution in [0.25, 0.3) is 11.3 Å². The zero-order valence-electron chi connectivity index (χ0n) is 13.8. The fourth-order valence-electron chi connectivity index (χ4n) is 2.21. The minimum Gasteiger partial charge on any atom is -0.428 e. The van der Waals surface area contributed by atoms with Gasteiger partial charge >= 0.3 is 30.1 Å². The van der Waals surface area contributed by atoms with Gasteiger partial charge in [0.2, 0.25) is 0 Å². The molecular weight excluding hydrogens is 423 g/mol. The number of pyridine rings is 1. The molecule has 158 valence electrons. The number of anilines is 1. The van der Waals surface area contributed by atoms with Gasteiger partial charge < -0.3 is 10.5 Å². The Balaban J connectivity index is 2.41. The number of carbonyl (C=O) groups is 1. The molecule has 0 aliphatic rings. The molecule has 0 unspecified atom stereocenters. The second-order valence-corrected chi connectivity index (χ2v) is 5.62. The van der Waals surface area contributed by atoms with E-state index in [0.29, 0.717) is 17.8 Å². The highest BCUT2D eigenvalue weighted by molar-refractivity contribution is 5.90.